The van der Waals surface area contributed by atoms with E-state index in [1.165, 1.54) is 11.3 Å². The average Bonchev–Trinajstić information content (AvgIpc) is 3.18. The molecule has 0 radical (unpaired) electrons. The standard InChI is InChI=1S/C22H25N5O3S/c1-14-12-18(25-15(2)24-14)27-8-11-30-17(13-27)19-16-4-3-5-23-21(16)31-20(19)22(28)26-6-9-29-10-7-26/h3-5,12,17H,6-11,13H2,1-2H3/t17-/m0/s1. The van der Waals surface area contributed by atoms with Crippen molar-refractivity contribution in [3.8, 4) is 0 Å². The van der Waals surface area contributed by atoms with Crippen molar-refractivity contribution in [1.29, 1.82) is 0 Å². The van der Waals surface area contributed by atoms with Gasteiger partial charge in [-0.2, -0.15) is 0 Å². The van der Waals surface area contributed by atoms with Gasteiger partial charge < -0.3 is 19.3 Å². The number of amides is 1. The summed E-state index contributed by atoms with van der Waals surface area (Å²) in [5, 5.41) is 0.992. The summed E-state index contributed by atoms with van der Waals surface area (Å²) in [5.74, 6) is 1.69. The fourth-order valence-corrected chi connectivity index (χ4v) is 5.39. The minimum atomic E-state index is -0.234. The summed E-state index contributed by atoms with van der Waals surface area (Å²) in [4.78, 5) is 32.7. The smallest absolute Gasteiger partial charge is 0.264 e. The van der Waals surface area contributed by atoms with Crippen LogP contribution in [0.2, 0.25) is 0 Å². The van der Waals surface area contributed by atoms with Gasteiger partial charge in [0.05, 0.1) is 19.8 Å². The molecule has 0 saturated carbocycles. The van der Waals surface area contributed by atoms with Crippen molar-refractivity contribution >= 4 is 33.3 Å². The molecule has 0 aromatic carbocycles. The number of nitrogens with zero attached hydrogens (tertiary/aromatic N) is 5. The number of aromatic nitrogens is 3. The summed E-state index contributed by atoms with van der Waals surface area (Å²) >= 11 is 1.45. The number of anilines is 1. The fourth-order valence-electron chi connectivity index (χ4n) is 4.23. The van der Waals surface area contributed by atoms with Crippen LogP contribution in [-0.2, 0) is 9.47 Å². The summed E-state index contributed by atoms with van der Waals surface area (Å²) < 4.78 is 11.6. The quantitative estimate of drug-likeness (QED) is 0.621. The van der Waals surface area contributed by atoms with Gasteiger partial charge in [-0.3, -0.25) is 4.79 Å². The van der Waals surface area contributed by atoms with E-state index in [2.05, 4.69) is 19.9 Å². The summed E-state index contributed by atoms with van der Waals surface area (Å²) in [6.45, 7) is 8.19. The minimum Gasteiger partial charge on any atom is -0.378 e. The van der Waals surface area contributed by atoms with E-state index in [0.29, 0.717) is 39.5 Å². The van der Waals surface area contributed by atoms with Crippen LogP contribution >= 0.6 is 11.3 Å². The first-order valence-electron chi connectivity index (χ1n) is 10.5. The zero-order valence-electron chi connectivity index (χ0n) is 17.7. The molecule has 31 heavy (non-hydrogen) atoms. The van der Waals surface area contributed by atoms with E-state index in [4.69, 9.17) is 9.47 Å². The van der Waals surface area contributed by atoms with Gasteiger partial charge in [0, 0.05) is 55.1 Å². The molecule has 0 bridgehead atoms. The number of carbonyl (C=O) groups excluding carboxylic acids is 1. The maximum atomic E-state index is 13.4. The third-order valence-electron chi connectivity index (χ3n) is 5.66. The molecule has 0 N–H and O–H groups in total. The third-order valence-corrected chi connectivity index (χ3v) is 6.78. The summed E-state index contributed by atoms with van der Waals surface area (Å²) in [7, 11) is 0. The first kappa shape index (κ1) is 20.3. The van der Waals surface area contributed by atoms with Crippen LogP contribution in [0.3, 0.4) is 0 Å². The van der Waals surface area contributed by atoms with E-state index in [-0.39, 0.29) is 12.0 Å². The lowest BCUT2D eigenvalue weighted by molar-refractivity contribution is 0.0281. The molecule has 9 heteroatoms. The van der Waals surface area contributed by atoms with Crippen molar-refractivity contribution in [1.82, 2.24) is 19.9 Å². The summed E-state index contributed by atoms with van der Waals surface area (Å²) in [6.07, 6.45) is 1.54. The zero-order chi connectivity index (χ0) is 21.4. The van der Waals surface area contributed by atoms with Crippen LogP contribution in [0.25, 0.3) is 10.2 Å². The van der Waals surface area contributed by atoms with Crippen molar-refractivity contribution in [3.05, 3.63) is 46.4 Å². The van der Waals surface area contributed by atoms with Gasteiger partial charge >= 0.3 is 0 Å². The maximum absolute atomic E-state index is 13.4. The molecular weight excluding hydrogens is 414 g/mol. The number of fused-ring (bicyclic) bond motifs is 1. The van der Waals surface area contributed by atoms with Crippen LogP contribution in [-0.4, -0.2) is 71.8 Å². The van der Waals surface area contributed by atoms with Crippen molar-refractivity contribution in [2.45, 2.75) is 20.0 Å². The third kappa shape index (κ3) is 4.00. The number of thiophene rings is 1. The van der Waals surface area contributed by atoms with E-state index in [1.54, 1.807) is 6.20 Å². The second-order valence-corrected chi connectivity index (χ2v) is 8.82. The van der Waals surface area contributed by atoms with Crippen molar-refractivity contribution < 1.29 is 14.3 Å². The molecule has 2 aliphatic rings. The molecule has 8 nitrogen and oxygen atoms in total. The first-order chi connectivity index (χ1) is 15.1. The molecule has 5 heterocycles. The first-order valence-corrected chi connectivity index (χ1v) is 11.3. The van der Waals surface area contributed by atoms with E-state index in [1.807, 2.05) is 36.9 Å². The number of morpholine rings is 2. The SMILES string of the molecule is Cc1cc(N2CCO[C@H](c3c(C(=O)N4CCOCC4)sc4ncccc34)C2)nc(C)n1. The molecule has 5 rings (SSSR count). The molecule has 2 fully saturated rings. The van der Waals surface area contributed by atoms with Crippen LogP contribution in [0, 0.1) is 13.8 Å². The van der Waals surface area contributed by atoms with Gasteiger partial charge in [-0.15, -0.1) is 11.3 Å². The predicted molar refractivity (Wildman–Crippen MR) is 119 cm³/mol. The summed E-state index contributed by atoms with van der Waals surface area (Å²) in [5.41, 5.74) is 1.88. The van der Waals surface area contributed by atoms with Crippen LogP contribution in [0.1, 0.15) is 32.9 Å². The molecule has 1 amide bonds. The highest BCUT2D eigenvalue weighted by molar-refractivity contribution is 7.20. The van der Waals surface area contributed by atoms with E-state index in [0.717, 1.165) is 44.5 Å². The average molecular weight is 440 g/mol. The van der Waals surface area contributed by atoms with E-state index >= 15 is 0 Å². The van der Waals surface area contributed by atoms with E-state index < -0.39 is 0 Å². The number of ether oxygens (including phenoxy) is 2. The molecule has 1 atom stereocenters. The van der Waals surface area contributed by atoms with Gasteiger partial charge in [-0.1, -0.05) is 6.07 Å². The van der Waals surface area contributed by atoms with Crippen LogP contribution in [0.15, 0.2) is 24.4 Å². The predicted octanol–water partition coefficient (Wildman–Crippen LogP) is 2.75. The lowest BCUT2D eigenvalue weighted by atomic mass is 10.0. The number of carbonyl (C=O) groups is 1. The number of rotatable bonds is 3. The largest absolute Gasteiger partial charge is 0.378 e. The van der Waals surface area contributed by atoms with Gasteiger partial charge in [0.1, 0.15) is 27.5 Å². The Morgan fingerprint density at radius 1 is 1.16 bits per heavy atom. The second kappa shape index (κ2) is 8.49. The van der Waals surface area contributed by atoms with Gasteiger partial charge in [-0.05, 0) is 19.9 Å². The Morgan fingerprint density at radius 2 is 2.00 bits per heavy atom. The molecule has 2 aliphatic heterocycles. The minimum absolute atomic E-state index is 0.0377. The van der Waals surface area contributed by atoms with Crippen LogP contribution in [0.5, 0.6) is 0 Å². The van der Waals surface area contributed by atoms with Gasteiger partial charge in [0.25, 0.3) is 5.91 Å². The molecular formula is C22H25N5O3S. The lowest BCUT2D eigenvalue weighted by Crippen LogP contribution is -2.42. The molecule has 3 aromatic heterocycles. The van der Waals surface area contributed by atoms with Crippen molar-refractivity contribution in [3.63, 3.8) is 0 Å². The zero-order valence-corrected chi connectivity index (χ0v) is 18.5. The highest BCUT2D eigenvalue weighted by Crippen LogP contribution is 2.38. The Kier molecular flexibility index (Phi) is 5.56. The van der Waals surface area contributed by atoms with Crippen LogP contribution < -0.4 is 4.90 Å². The normalized spacial score (nSPS) is 19.7. The van der Waals surface area contributed by atoms with E-state index in [9.17, 15) is 4.79 Å². The molecule has 0 unspecified atom stereocenters. The second-order valence-electron chi connectivity index (χ2n) is 7.83. The van der Waals surface area contributed by atoms with Crippen molar-refractivity contribution in [2.75, 3.05) is 50.9 Å². The Morgan fingerprint density at radius 3 is 2.81 bits per heavy atom. The number of aryl methyl sites for hydroxylation is 2. The molecule has 0 spiro atoms. The van der Waals surface area contributed by atoms with Gasteiger partial charge in [0.2, 0.25) is 0 Å². The topological polar surface area (TPSA) is 80.7 Å². The van der Waals surface area contributed by atoms with Gasteiger partial charge in [0.15, 0.2) is 0 Å². The number of hydrogen-bond acceptors (Lipinski definition) is 8. The summed E-state index contributed by atoms with van der Waals surface area (Å²) in [6, 6.07) is 5.95. The Hall–Kier alpha value is -2.62. The lowest BCUT2D eigenvalue weighted by Gasteiger charge is -2.34. The monoisotopic (exact) mass is 439 g/mol. The Labute approximate surface area is 184 Å². The number of hydrogen-bond donors (Lipinski definition) is 0. The molecule has 0 aliphatic carbocycles. The Balaban J connectivity index is 1.51. The molecule has 2 saturated heterocycles. The highest BCUT2D eigenvalue weighted by atomic mass is 32.1. The van der Waals surface area contributed by atoms with Crippen LogP contribution in [0.4, 0.5) is 5.82 Å². The Bertz CT molecular complexity index is 1090. The van der Waals surface area contributed by atoms with Crippen molar-refractivity contribution in [2.24, 2.45) is 0 Å². The number of pyridine rings is 1. The fraction of sp³-hybridized carbons (Fsp3) is 0.455. The molecule has 3 aromatic rings. The molecule has 162 valence electrons. The van der Waals surface area contributed by atoms with Gasteiger partial charge in [-0.25, -0.2) is 15.0 Å². The maximum Gasteiger partial charge on any atom is 0.264 e. The highest BCUT2D eigenvalue weighted by Gasteiger charge is 2.32.